The van der Waals surface area contributed by atoms with E-state index in [1.54, 1.807) is 0 Å². The molecule has 0 saturated carbocycles. The Kier molecular flexibility index (Phi) is 1.15. The lowest BCUT2D eigenvalue weighted by Crippen LogP contribution is -2.29. The van der Waals surface area contributed by atoms with Crippen molar-refractivity contribution in [3.63, 3.8) is 0 Å². The molecule has 0 radical (unpaired) electrons. The maximum Gasteiger partial charge on any atom is 0.320 e. The Morgan fingerprint density at radius 1 is 2.00 bits per heavy atom. The minimum Gasteiger partial charge on any atom is -0.480 e. The Bertz CT molecular complexity index is 128. The summed E-state index contributed by atoms with van der Waals surface area (Å²) < 4.78 is 7.13. The molecule has 0 aromatic heterocycles. The lowest BCUT2D eigenvalue weighted by Gasteiger charge is -1.99. The second-order valence-corrected chi connectivity index (χ2v) is 1.82. The van der Waals surface area contributed by atoms with E-state index in [-0.39, 0.29) is 6.40 Å². The molecule has 8 heavy (non-hydrogen) atoms. The number of nitrogens with one attached hydrogen (secondary N) is 1. The van der Waals surface area contributed by atoms with Crippen molar-refractivity contribution in [2.45, 2.75) is 18.9 Å². The van der Waals surface area contributed by atoms with Gasteiger partial charge in [-0.2, -0.15) is 0 Å². The molecular formula is C5H9NO2. The zero-order valence-electron chi connectivity index (χ0n) is 5.42. The van der Waals surface area contributed by atoms with Crippen LogP contribution in [0.4, 0.5) is 0 Å². The summed E-state index contributed by atoms with van der Waals surface area (Å²) in [6.07, 6.45) is 0.209. The maximum absolute atomic E-state index is 10.2. The molecule has 3 nitrogen and oxygen atoms in total. The van der Waals surface area contributed by atoms with Crippen LogP contribution >= 0.6 is 0 Å². The second-order valence-electron chi connectivity index (χ2n) is 1.82. The molecule has 0 aliphatic carbocycles. The minimum absolute atomic E-state index is 0.230. The predicted molar refractivity (Wildman–Crippen MR) is 28.7 cm³/mol. The van der Waals surface area contributed by atoms with E-state index in [1.807, 2.05) is 0 Å². The number of aliphatic carboxylic acids is 1. The van der Waals surface area contributed by atoms with Gasteiger partial charge in [0, 0.05) is 1.37 Å². The highest BCUT2D eigenvalue weighted by atomic mass is 16.4. The molecule has 0 spiro atoms. The van der Waals surface area contributed by atoms with Gasteiger partial charge < -0.3 is 10.4 Å². The fourth-order valence-electron chi connectivity index (χ4n) is 0.747. The largest absolute Gasteiger partial charge is 0.480 e. The van der Waals surface area contributed by atoms with Crippen molar-refractivity contribution in [2.75, 3.05) is 6.54 Å². The second kappa shape index (κ2) is 2.13. The van der Waals surface area contributed by atoms with Crippen LogP contribution in [0.5, 0.6) is 0 Å². The SMILES string of the molecule is [3H]C1CN[C@H](C(=O)O)C1. The Morgan fingerprint density at radius 2 is 2.75 bits per heavy atom. The van der Waals surface area contributed by atoms with Gasteiger partial charge in [0.1, 0.15) is 6.04 Å². The van der Waals surface area contributed by atoms with E-state index in [0.717, 1.165) is 0 Å². The van der Waals surface area contributed by atoms with E-state index in [4.69, 9.17) is 6.48 Å². The summed E-state index contributed by atoms with van der Waals surface area (Å²) in [5, 5.41) is 11.1. The molecule has 2 N–H and O–H groups in total. The average molecular weight is 117 g/mol. The summed E-state index contributed by atoms with van der Waals surface area (Å²) in [5.74, 6) is -0.843. The Hall–Kier alpha value is -0.570. The number of carboxylic acids is 1. The molecule has 1 aliphatic heterocycles. The van der Waals surface area contributed by atoms with E-state index < -0.39 is 12.0 Å². The van der Waals surface area contributed by atoms with Gasteiger partial charge in [-0.1, -0.05) is 0 Å². The zero-order chi connectivity index (χ0) is 6.85. The monoisotopic (exact) mass is 117 g/mol. The van der Waals surface area contributed by atoms with Crippen molar-refractivity contribution < 1.29 is 11.3 Å². The topological polar surface area (TPSA) is 49.3 Å². The van der Waals surface area contributed by atoms with E-state index >= 15 is 0 Å². The molecule has 3 heteroatoms. The highest BCUT2D eigenvalue weighted by molar-refractivity contribution is 5.73. The van der Waals surface area contributed by atoms with Gasteiger partial charge >= 0.3 is 5.97 Å². The fraction of sp³-hybridized carbons (Fsp3) is 0.800. The molecule has 0 aromatic rings. The third-order valence-corrected chi connectivity index (χ3v) is 1.21. The van der Waals surface area contributed by atoms with E-state index in [9.17, 15) is 4.79 Å². The molecule has 1 rings (SSSR count). The van der Waals surface area contributed by atoms with Crippen LogP contribution in [-0.2, 0) is 4.79 Å². The first kappa shape index (κ1) is 4.32. The molecule has 1 fully saturated rings. The molecule has 0 aromatic carbocycles. The van der Waals surface area contributed by atoms with Crippen molar-refractivity contribution >= 4 is 5.97 Å². The quantitative estimate of drug-likeness (QED) is 0.501. The van der Waals surface area contributed by atoms with Gasteiger partial charge in [-0.15, -0.1) is 0 Å². The van der Waals surface area contributed by atoms with Crippen LogP contribution < -0.4 is 5.32 Å². The molecule has 1 unspecified atom stereocenters. The standard InChI is InChI=1S/C5H9NO2/c7-5(8)4-2-1-3-6-4/h4,6H,1-3H2,(H,7,8)/t4-/m0/s1/i1T/t1?,4-. The Labute approximate surface area is 49.1 Å². The molecule has 0 bridgehead atoms. The minimum atomic E-state index is -0.843. The molecule has 46 valence electrons. The number of carboxylic acid groups (broad SMARTS) is 1. The molecule has 1 heterocycles. The van der Waals surface area contributed by atoms with Crippen molar-refractivity contribution in [1.29, 1.82) is 0 Å². The van der Waals surface area contributed by atoms with Crippen LogP contribution in [0.2, 0.25) is 0 Å². The number of rotatable bonds is 1. The highest BCUT2D eigenvalue weighted by Gasteiger charge is 2.20. The van der Waals surface area contributed by atoms with Crippen LogP contribution in [0.1, 0.15) is 14.2 Å². The third-order valence-electron chi connectivity index (χ3n) is 1.21. The smallest absolute Gasteiger partial charge is 0.320 e. The number of carbonyl (C=O) groups is 1. The van der Waals surface area contributed by atoms with Gasteiger partial charge in [0.2, 0.25) is 0 Å². The van der Waals surface area contributed by atoms with Crippen LogP contribution in [0.3, 0.4) is 0 Å². The zero-order valence-corrected chi connectivity index (χ0v) is 4.42. The van der Waals surface area contributed by atoms with Crippen LogP contribution in [-0.4, -0.2) is 23.7 Å². The van der Waals surface area contributed by atoms with Crippen LogP contribution in [0.15, 0.2) is 0 Å². The normalized spacial score (nSPS) is 39.2. The Morgan fingerprint density at radius 3 is 3.00 bits per heavy atom. The number of hydrogen-bond donors (Lipinski definition) is 2. The van der Waals surface area contributed by atoms with Gasteiger partial charge in [-0.25, -0.2) is 0 Å². The summed E-state index contributed by atoms with van der Waals surface area (Å²) >= 11 is 0. The van der Waals surface area contributed by atoms with E-state index in [2.05, 4.69) is 5.32 Å². The first-order chi connectivity index (χ1) is 4.20. The lowest BCUT2D eigenvalue weighted by atomic mass is 10.2. The van der Waals surface area contributed by atoms with Crippen molar-refractivity contribution in [1.82, 2.24) is 5.32 Å². The fourth-order valence-corrected chi connectivity index (χ4v) is 0.747. The summed E-state index contributed by atoms with van der Waals surface area (Å²) in [5.41, 5.74) is 0. The Balaban J connectivity index is 2.39. The molecular weight excluding hydrogens is 106 g/mol. The third kappa shape index (κ3) is 0.980. The van der Waals surface area contributed by atoms with Crippen molar-refractivity contribution in [2.24, 2.45) is 0 Å². The summed E-state index contributed by atoms with van der Waals surface area (Å²) in [7, 11) is 0. The summed E-state index contributed by atoms with van der Waals surface area (Å²) in [6, 6.07) is -0.479. The van der Waals surface area contributed by atoms with E-state index in [1.165, 1.54) is 0 Å². The van der Waals surface area contributed by atoms with Crippen LogP contribution in [0, 0.1) is 0 Å². The number of hydrogen-bond acceptors (Lipinski definition) is 2. The molecule has 2 atom stereocenters. The molecule has 1 aliphatic rings. The first-order valence-corrected chi connectivity index (χ1v) is 2.58. The van der Waals surface area contributed by atoms with Crippen molar-refractivity contribution in [3.05, 3.63) is 0 Å². The van der Waals surface area contributed by atoms with Crippen LogP contribution in [0.25, 0.3) is 0 Å². The maximum atomic E-state index is 10.2. The molecule has 1 saturated heterocycles. The van der Waals surface area contributed by atoms with Gasteiger partial charge in [-0.3, -0.25) is 4.79 Å². The molecule has 0 amide bonds. The lowest BCUT2D eigenvalue weighted by molar-refractivity contribution is -0.139. The van der Waals surface area contributed by atoms with Gasteiger partial charge in [0.25, 0.3) is 0 Å². The predicted octanol–water partition coefficient (Wildman–Crippen LogP) is -0.177. The van der Waals surface area contributed by atoms with Crippen molar-refractivity contribution in [3.8, 4) is 0 Å². The highest BCUT2D eigenvalue weighted by Crippen LogP contribution is 2.03. The first-order valence-electron chi connectivity index (χ1n) is 3.16. The van der Waals surface area contributed by atoms with Gasteiger partial charge in [-0.05, 0) is 19.4 Å². The summed E-state index contributed by atoms with van der Waals surface area (Å²) in [4.78, 5) is 10.2. The summed E-state index contributed by atoms with van der Waals surface area (Å²) in [6.45, 7) is 0.511. The van der Waals surface area contributed by atoms with Gasteiger partial charge in [0.15, 0.2) is 0 Å². The van der Waals surface area contributed by atoms with E-state index in [0.29, 0.717) is 13.0 Å². The van der Waals surface area contributed by atoms with Gasteiger partial charge in [0.05, 0.1) is 0 Å². The average Bonchev–Trinajstić information content (AvgIpc) is 2.14.